The molecule has 2 aromatic carbocycles. The van der Waals surface area contributed by atoms with E-state index in [0.717, 1.165) is 21.2 Å². The van der Waals surface area contributed by atoms with Crippen molar-refractivity contribution in [1.82, 2.24) is 15.1 Å². The fourth-order valence-corrected chi connectivity index (χ4v) is 2.92. The van der Waals surface area contributed by atoms with Crippen LogP contribution in [0.2, 0.25) is 0 Å². The first-order chi connectivity index (χ1) is 13.4. The second-order valence-corrected chi connectivity index (χ2v) is 7.45. The van der Waals surface area contributed by atoms with Crippen molar-refractivity contribution in [2.45, 2.75) is 20.4 Å². The third-order valence-corrected chi connectivity index (χ3v) is 4.94. The molecule has 0 saturated carbocycles. The van der Waals surface area contributed by atoms with Gasteiger partial charge in [-0.25, -0.2) is 4.68 Å². The molecule has 0 unspecified atom stereocenters. The molecular weight excluding hydrogens is 420 g/mol. The van der Waals surface area contributed by atoms with E-state index < -0.39 is 0 Å². The Morgan fingerprint density at radius 1 is 1.04 bits per heavy atom. The number of hydrogen-bond acceptors (Lipinski definition) is 3. The van der Waals surface area contributed by atoms with Gasteiger partial charge in [0.2, 0.25) is 5.91 Å². The quantitative estimate of drug-likeness (QED) is 0.613. The number of nitrogens with zero attached hydrogens (tertiary/aromatic N) is 2. The van der Waals surface area contributed by atoms with Crippen molar-refractivity contribution in [2.24, 2.45) is 0 Å². The minimum Gasteiger partial charge on any atom is -0.343 e. The number of aromatic nitrogens is 2. The Labute approximate surface area is 172 Å². The summed E-state index contributed by atoms with van der Waals surface area (Å²) in [6.45, 7) is 4.35. The summed E-state index contributed by atoms with van der Waals surface area (Å²) in [6.07, 6.45) is 1.63. The van der Waals surface area contributed by atoms with Crippen molar-refractivity contribution in [3.8, 4) is 0 Å². The summed E-state index contributed by atoms with van der Waals surface area (Å²) in [5.41, 5.74) is 3.75. The normalized spacial score (nSPS) is 10.5. The molecule has 144 valence electrons. The molecule has 0 saturated heterocycles. The molecule has 0 fully saturated rings. The number of rotatable bonds is 6. The largest absolute Gasteiger partial charge is 0.343 e. The number of benzene rings is 2. The number of nitrogens with one attached hydrogen (secondary N) is 2. The van der Waals surface area contributed by atoms with E-state index in [-0.39, 0.29) is 18.4 Å². The molecule has 0 spiro atoms. The van der Waals surface area contributed by atoms with Crippen LogP contribution in [0, 0.1) is 13.8 Å². The van der Waals surface area contributed by atoms with Gasteiger partial charge in [-0.1, -0.05) is 34.1 Å². The fraction of sp³-hybridized carbons (Fsp3) is 0.190. The summed E-state index contributed by atoms with van der Waals surface area (Å²) in [6, 6.07) is 15.1. The minimum atomic E-state index is -0.310. The predicted molar refractivity (Wildman–Crippen MR) is 112 cm³/mol. The second kappa shape index (κ2) is 8.84. The van der Waals surface area contributed by atoms with Crippen LogP contribution in [0.1, 0.15) is 27.0 Å². The van der Waals surface area contributed by atoms with Crippen molar-refractivity contribution in [3.63, 3.8) is 0 Å². The third-order valence-electron chi connectivity index (χ3n) is 4.41. The lowest BCUT2D eigenvalue weighted by molar-refractivity contribution is -0.115. The molecular formula is C21H21BrN4O2. The van der Waals surface area contributed by atoms with Crippen LogP contribution in [0.25, 0.3) is 0 Å². The Kier molecular flexibility index (Phi) is 6.26. The van der Waals surface area contributed by atoms with E-state index in [2.05, 4.69) is 31.7 Å². The molecule has 1 aromatic heterocycles. The maximum absolute atomic E-state index is 12.2. The van der Waals surface area contributed by atoms with Gasteiger partial charge in [-0.2, -0.15) is 5.10 Å². The van der Waals surface area contributed by atoms with Crippen molar-refractivity contribution >= 4 is 33.6 Å². The van der Waals surface area contributed by atoms with Gasteiger partial charge < -0.3 is 10.6 Å². The van der Waals surface area contributed by atoms with Crippen LogP contribution in [0.15, 0.2) is 59.2 Å². The summed E-state index contributed by atoms with van der Waals surface area (Å²) < 4.78 is 2.71. The number of amides is 2. The molecule has 1 heterocycles. The van der Waals surface area contributed by atoms with E-state index in [1.54, 1.807) is 23.0 Å². The zero-order valence-corrected chi connectivity index (χ0v) is 17.3. The van der Waals surface area contributed by atoms with E-state index in [1.165, 1.54) is 0 Å². The molecule has 28 heavy (non-hydrogen) atoms. The van der Waals surface area contributed by atoms with Gasteiger partial charge in [-0.05, 0) is 54.8 Å². The molecule has 2 N–H and O–H groups in total. The first-order valence-electron chi connectivity index (χ1n) is 8.84. The first-order valence-corrected chi connectivity index (χ1v) is 9.63. The number of anilines is 1. The maximum Gasteiger partial charge on any atom is 0.251 e. The summed E-state index contributed by atoms with van der Waals surface area (Å²) in [5.74, 6) is -0.00953. The third kappa shape index (κ3) is 5.07. The molecule has 6 nitrogen and oxygen atoms in total. The van der Waals surface area contributed by atoms with Gasteiger partial charge >= 0.3 is 0 Å². The molecule has 3 aromatic rings. The maximum atomic E-state index is 12.2. The summed E-state index contributed by atoms with van der Waals surface area (Å²) in [5, 5.41) is 9.68. The highest BCUT2D eigenvalue weighted by Gasteiger charge is 2.11. The van der Waals surface area contributed by atoms with Gasteiger partial charge in [0.25, 0.3) is 5.91 Å². The SMILES string of the molecule is Cc1ccc(C(=O)NCC(=O)Nc2ccnn2Cc2ccc(Br)cc2)cc1C. The smallest absolute Gasteiger partial charge is 0.251 e. The van der Waals surface area contributed by atoms with E-state index >= 15 is 0 Å². The number of aryl methyl sites for hydroxylation is 2. The van der Waals surface area contributed by atoms with Crippen LogP contribution >= 0.6 is 15.9 Å². The highest BCUT2D eigenvalue weighted by Crippen LogP contribution is 2.14. The van der Waals surface area contributed by atoms with Crippen molar-refractivity contribution < 1.29 is 9.59 Å². The highest BCUT2D eigenvalue weighted by atomic mass is 79.9. The van der Waals surface area contributed by atoms with Crippen LogP contribution in [0.5, 0.6) is 0 Å². The lowest BCUT2D eigenvalue weighted by Gasteiger charge is -2.10. The minimum absolute atomic E-state index is 0.116. The molecule has 0 aliphatic rings. The van der Waals surface area contributed by atoms with E-state index in [0.29, 0.717) is 17.9 Å². The summed E-state index contributed by atoms with van der Waals surface area (Å²) in [4.78, 5) is 24.5. The fourth-order valence-electron chi connectivity index (χ4n) is 2.66. The summed E-state index contributed by atoms with van der Waals surface area (Å²) in [7, 11) is 0. The van der Waals surface area contributed by atoms with Gasteiger partial charge in [0.1, 0.15) is 5.82 Å². The molecule has 0 aliphatic carbocycles. The number of carbonyl (C=O) groups excluding carboxylic acids is 2. The van der Waals surface area contributed by atoms with Crippen LogP contribution < -0.4 is 10.6 Å². The lowest BCUT2D eigenvalue weighted by atomic mass is 10.1. The molecule has 0 bridgehead atoms. The van der Waals surface area contributed by atoms with Crippen LogP contribution in [-0.4, -0.2) is 28.1 Å². The zero-order valence-electron chi connectivity index (χ0n) is 15.7. The van der Waals surface area contributed by atoms with Crippen molar-refractivity contribution in [2.75, 3.05) is 11.9 Å². The Bertz CT molecular complexity index is 996. The number of hydrogen-bond donors (Lipinski definition) is 2. The predicted octanol–water partition coefficient (Wildman–Crippen LogP) is 3.68. The Hall–Kier alpha value is -2.93. The Morgan fingerprint density at radius 2 is 1.79 bits per heavy atom. The van der Waals surface area contributed by atoms with E-state index in [1.807, 2.05) is 50.2 Å². The average Bonchev–Trinajstić information content (AvgIpc) is 3.10. The number of carbonyl (C=O) groups is 2. The second-order valence-electron chi connectivity index (χ2n) is 6.53. The number of halogens is 1. The molecule has 2 amide bonds. The van der Waals surface area contributed by atoms with Gasteiger partial charge in [0, 0.05) is 16.1 Å². The standard InChI is InChI=1S/C21H21BrN4O2/c1-14-3-6-17(11-15(14)2)21(28)23-12-20(27)25-19-9-10-24-26(19)13-16-4-7-18(22)8-5-16/h3-11H,12-13H2,1-2H3,(H,23,28)(H,25,27). The van der Waals surface area contributed by atoms with Crippen molar-refractivity contribution in [1.29, 1.82) is 0 Å². The van der Waals surface area contributed by atoms with Crippen molar-refractivity contribution in [3.05, 3.63) is 81.5 Å². The molecule has 7 heteroatoms. The van der Waals surface area contributed by atoms with E-state index in [4.69, 9.17) is 0 Å². The van der Waals surface area contributed by atoms with Gasteiger partial charge in [-0.3, -0.25) is 9.59 Å². The molecule has 0 atom stereocenters. The highest BCUT2D eigenvalue weighted by molar-refractivity contribution is 9.10. The Morgan fingerprint density at radius 3 is 2.50 bits per heavy atom. The first kappa shape index (κ1) is 19.8. The summed E-state index contributed by atoms with van der Waals surface area (Å²) >= 11 is 3.41. The molecule has 0 aliphatic heterocycles. The van der Waals surface area contributed by atoms with Crippen LogP contribution in [0.3, 0.4) is 0 Å². The molecule has 0 radical (unpaired) electrons. The van der Waals surface area contributed by atoms with E-state index in [9.17, 15) is 9.59 Å². The average molecular weight is 441 g/mol. The van der Waals surface area contributed by atoms with Gasteiger partial charge in [0.05, 0.1) is 19.3 Å². The lowest BCUT2D eigenvalue weighted by Crippen LogP contribution is -2.33. The Balaban J connectivity index is 1.56. The topological polar surface area (TPSA) is 76.0 Å². The van der Waals surface area contributed by atoms with Gasteiger partial charge in [-0.15, -0.1) is 0 Å². The van der Waals surface area contributed by atoms with Crippen LogP contribution in [-0.2, 0) is 11.3 Å². The van der Waals surface area contributed by atoms with Crippen LogP contribution in [0.4, 0.5) is 5.82 Å². The monoisotopic (exact) mass is 440 g/mol. The zero-order chi connectivity index (χ0) is 20.1. The molecule has 3 rings (SSSR count). The van der Waals surface area contributed by atoms with Gasteiger partial charge in [0.15, 0.2) is 0 Å².